The molecule has 2 aromatic heterocycles. The first kappa shape index (κ1) is 41.0. The molecular formula is C60H57N3O. The van der Waals surface area contributed by atoms with E-state index in [4.69, 9.17) is 11.3 Å². The third kappa shape index (κ3) is 8.17. The molecule has 318 valence electrons. The van der Waals surface area contributed by atoms with E-state index in [0.29, 0.717) is 11.4 Å². The lowest BCUT2D eigenvalue weighted by Gasteiger charge is -2.22. The highest BCUT2D eigenvalue weighted by Gasteiger charge is 2.26. The van der Waals surface area contributed by atoms with Gasteiger partial charge in [-0.05, 0) is 128 Å². The molecule has 0 radical (unpaired) electrons. The lowest BCUT2D eigenvalue weighted by atomic mass is 9.83. The zero-order valence-corrected chi connectivity index (χ0v) is 38.5. The Balaban J connectivity index is 1.27. The van der Waals surface area contributed by atoms with E-state index in [0.717, 1.165) is 78.0 Å². The minimum Gasteiger partial charge on any atom is -0.507 e. The lowest BCUT2D eigenvalue weighted by molar-refractivity contribution is 0.471. The summed E-state index contributed by atoms with van der Waals surface area (Å²) in [4.78, 5) is 10.6. The molecule has 0 aliphatic heterocycles. The van der Waals surface area contributed by atoms with Gasteiger partial charge in [0.05, 0.1) is 28.0 Å². The molecule has 2 heterocycles. The number of imidazole rings is 1. The molecule has 0 spiro atoms. The molecule has 0 atom stereocenters. The van der Waals surface area contributed by atoms with Crippen molar-refractivity contribution in [2.24, 2.45) is 0 Å². The summed E-state index contributed by atoms with van der Waals surface area (Å²) in [7, 11) is 0. The SMILES string of the molecule is [2H]C(C)(C)c1ccc(-n2c(-c3cc(C(C)(C)C)cc(C)c3O)nc3c(-c4cc(-c5cc(-c6ccc(-c7ccccc7)cc6)ccn5)cc(C(C)(C)C)c4)cccc32)c(-c2ccccc2)c1. The zero-order valence-electron chi connectivity index (χ0n) is 39.5. The van der Waals surface area contributed by atoms with Gasteiger partial charge in [0, 0.05) is 24.3 Å². The van der Waals surface area contributed by atoms with Crippen molar-refractivity contribution in [2.75, 3.05) is 0 Å². The summed E-state index contributed by atoms with van der Waals surface area (Å²) in [6, 6.07) is 57.6. The Morgan fingerprint density at radius 1 is 0.531 bits per heavy atom. The molecule has 0 bridgehead atoms. The van der Waals surface area contributed by atoms with E-state index in [9.17, 15) is 5.11 Å². The van der Waals surface area contributed by atoms with Gasteiger partial charge in [-0.2, -0.15) is 0 Å². The minimum absolute atomic E-state index is 0.164. The molecule has 4 nitrogen and oxygen atoms in total. The number of hydrogen-bond acceptors (Lipinski definition) is 3. The number of fused-ring (bicyclic) bond motifs is 1. The number of nitrogens with zero attached hydrogens (tertiary/aromatic N) is 3. The number of benzene rings is 7. The normalized spacial score (nSPS) is 12.4. The van der Waals surface area contributed by atoms with Crippen LogP contribution in [0.25, 0.3) is 83.9 Å². The van der Waals surface area contributed by atoms with Gasteiger partial charge in [-0.1, -0.05) is 171 Å². The molecule has 0 saturated heterocycles. The van der Waals surface area contributed by atoms with Crippen LogP contribution in [-0.2, 0) is 10.8 Å². The summed E-state index contributed by atoms with van der Waals surface area (Å²) in [5, 5.41) is 12.0. The summed E-state index contributed by atoms with van der Waals surface area (Å²) in [5.41, 5.74) is 17.5. The van der Waals surface area contributed by atoms with Crippen LogP contribution in [0.3, 0.4) is 0 Å². The maximum Gasteiger partial charge on any atom is 0.149 e. The van der Waals surface area contributed by atoms with Crippen LogP contribution in [0.1, 0.15) is 84.9 Å². The number of phenols is 1. The predicted molar refractivity (Wildman–Crippen MR) is 269 cm³/mol. The van der Waals surface area contributed by atoms with Crippen molar-refractivity contribution in [1.82, 2.24) is 14.5 Å². The lowest BCUT2D eigenvalue weighted by Crippen LogP contribution is -2.12. The third-order valence-electron chi connectivity index (χ3n) is 12.5. The molecule has 4 heteroatoms. The molecule has 0 unspecified atom stereocenters. The van der Waals surface area contributed by atoms with Crippen LogP contribution in [0.2, 0.25) is 0 Å². The molecular weight excluding hydrogens is 779 g/mol. The first-order chi connectivity index (χ1) is 30.9. The van der Waals surface area contributed by atoms with Gasteiger partial charge < -0.3 is 5.11 Å². The number of aromatic nitrogens is 3. The number of phenolic OH excluding ortho intramolecular Hbond substituents is 1. The Morgan fingerprint density at radius 2 is 1.14 bits per heavy atom. The van der Waals surface area contributed by atoms with E-state index >= 15 is 0 Å². The second kappa shape index (κ2) is 16.6. The van der Waals surface area contributed by atoms with Crippen molar-refractivity contribution >= 4 is 11.0 Å². The molecule has 0 aliphatic rings. The molecule has 9 aromatic rings. The second-order valence-electron chi connectivity index (χ2n) is 19.4. The molecule has 1 N–H and O–H groups in total. The van der Waals surface area contributed by atoms with Crippen LogP contribution in [0.15, 0.2) is 170 Å². The van der Waals surface area contributed by atoms with Gasteiger partial charge in [-0.15, -0.1) is 0 Å². The largest absolute Gasteiger partial charge is 0.507 e. The number of rotatable bonds is 8. The van der Waals surface area contributed by atoms with Crippen molar-refractivity contribution in [3.8, 4) is 78.6 Å². The summed E-state index contributed by atoms with van der Waals surface area (Å²) >= 11 is 0. The van der Waals surface area contributed by atoms with E-state index in [1.165, 1.54) is 16.7 Å². The maximum atomic E-state index is 12.0. The van der Waals surface area contributed by atoms with Crippen LogP contribution in [0.5, 0.6) is 5.75 Å². The number of pyridine rings is 1. The highest BCUT2D eigenvalue weighted by Crippen LogP contribution is 2.44. The highest BCUT2D eigenvalue weighted by molar-refractivity contribution is 5.98. The van der Waals surface area contributed by atoms with Crippen LogP contribution < -0.4 is 0 Å². The Labute approximate surface area is 380 Å². The predicted octanol–water partition coefficient (Wildman–Crippen LogP) is 16.2. The van der Waals surface area contributed by atoms with E-state index in [1.54, 1.807) is 0 Å². The number of aromatic hydroxyl groups is 1. The quantitative estimate of drug-likeness (QED) is 0.166. The van der Waals surface area contributed by atoms with E-state index in [1.807, 2.05) is 39.1 Å². The molecule has 0 aliphatic carbocycles. The number of hydrogen-bond donors (Lipinski definition) is 1. The number of aryl methyl sites for hydroxylation is 1. The Hall–Kier alpha value is -7.04. The highest BCUT2D eigenvalue weighted by atomic mass is 16.3. The Bertz CT molecular complexity index is 3200. The van der Waals surface area contributed by atoms with Crippen molar-refractivity contribution in [3.05, 3.63) is 192 Å². The fourth-order valence-electron chi connectivity index (χ4n) is 8.65. The van der Waals surface area contributed by atoms with Gasteiger partial charge in [-0.3, -0.25) is 9.55 Å². The smallest absolute Gasteiger partial charge is 0.149 e. The van der Waals surface area contributed by atoms with Gasteiger partial charge >= 0.3 is 0 Å². The molecule has 7 aromatic carbocycles. The molecule has 9 rings (SSSR count). The van der Waals surface area contributed by atoms with Crippen molar-refractivity contribution < 1.29 is 6.48 Å². The second-order valence-corrected chi connectivity index (χ2v) is 19.4. The number of para-hydroxylation sites is 1. The van der Waals surface area contributed by atoms with Crippen molar-refractivity contribution in [3.63, 3.8) is 0 Å². The van der Waals surface area contributed by atoms with Crippen LogP contribution >= 0.6 is 0 Å². The standard InChI is InChI=1S/C60H57N3O/c1-38(2)44-27-28-54(51(35-44)43-19-14-11-15-20-43)63-55-22-16-21-50(56(55)62-58(63)52-37-48(59(4,5)6)31-39(3)57(52)64)46-32-47(34-49(33-46)60(7,8)9)53-36-45(29-30-61-53)42-25-23-41(24-26-42)40-17-12-10-13-18-40/h10-38,64H,1-9H3/i38D. The zero-order chi connectivity index (χ0) is 45.8. The topological polar surface area (TPSA) is 50.9 Å². The Morgan fingerprint density at radius 3 is 1.80 bits per heavy atom. The average Bonchev–Trinajstić information content (AvgIpc) is 3.68. The van der Waals surface area contributed by atoms with Crippen molar-refractivity contribution in [1.29, 1.82) is 0 Å². The van der Waals surface area contributed by atoms with E-state index < -0.39 is 5.89 Å². The Kier molecular flexibility index (Phi) is 10.6. The molecule has 0 saturated carbocycles. The van der Waals surface area contributed by atoms with E-state index in [2.05, 4.69) is 198 Å². The summed E-state index contributed by atoms with van der Waals surface area (Å²) < 4.78 is 11.2. The van der Waals surface area contributed by atoms with Crippen LogP contribution in [0.4, 0.5) is 0 Å². The van der Waals surface area contributed by atoms with E-state index in [-0.39, 0.29) is 16.6 Å². The van der Waals surface area contributed by atoms with Gasteiger partial charge in [0.1, 0.15) is 11.6 Å². The summed E-state index contributed by atoms with van der Waals surface area (Å²) in [5.74, 6) is 0.0378. The summed E-state index contributed by atoms with van der Waals surface area (Å²) in [6.07, 6.45) is 1.91. The molecule has 0 amide bonds. The fraction of sp³-hybridized carbons (Fsp3) is 0.200. The first-order valence-corrected chi connectivity index (χ1v) is 22.3. The summed E-state index contributed by atoms with van der Waals surface area (Å²) in [6.45, 7) is 19.2. The van der Waals surface area contributed by atoms with Crippen LogP contribution in [-0.4, -0.2) is 19.6 Å². The van der Waals surface area contributed by atoms with Gasteiger partial charge in [0.2, 0.25) is 0 Å². The minimum atomic E-state index is -0.817. The van der Waals surface area contributed by atoms with Gasteiger partial charge in [-0.25, -0.2) is 4.98 Å². The fourth-order valence-corrected chi connectivity index (χ4v) is 8.65. The van der Waals surface area contributed by atoms with Gasteiger partial charge in [0.15, 0.2) is 0 Å². The van der Waals surface area contributed by atoms with Crippen molar-refractivity contribution in [2.45, 2.75) is 79.0 Å². The monoisotopic (exact) mass is 836 g/mol. The molecule has 64 heavy (non-hydrogen) atoms. The third-order valence-corrected chi connectivity index (χ3v) is 12.5. The van der Waals surface area contributed by atoms with Gasteiger partial charge in [0.25, 0.3) is 0 Å². The first-order valence-electron chi connectivity index (χ1n) is 22.8. The average molecular weight is 837 g/mol. The maximum absolute atomic E-state index is 12.0. The molecule has 0 fully saturated rings. The van der Waals surface area contributed by atoms with Crippen LogP contribution in [0, 0.1) is 6.92 Å².